The Labute approximate surface area is 268 Å². The Bertz CT molecular complexity index is 2810. The molecule has 3 heterocycles. The zero-order valence-electron chi connectivity index (χ0n) is 24.6. The number of benzene rings is 7. The highest BCUT2D eigenvalue weighted by Crippen LogP contribution is 2.41. The van der Waals surface area contributed by atoms with Gasteiger partial charge >= 0.3 is 0 Å². The van der Waals surface area contributed by atoms with Crippen LogP contribution in [0.1, 0.15) is 0 Å². The van der Waals surface area contributed by atoms with E-state index in [9.17, 15) is 0 Å². The van der Waals surface area contributed by atoms with Gasteiger partial charge in [-0.2, -0.15) is 0 Å². The summed E-state index contributed by atoms with van der Waals surface area (Å²) >= 11 is 1.85. The second-order valence-corrected chi connectivity index (χ2v) is 12.8. The lowest BCUT2D eigenvalue weighted by molar-refractivity contribution is 0.673. The fourth-order valence-corrected chi connectivity index (χ4v) is 8.02. The lowest BCUT2D eigenvalue weighted by Crippen LogP contribution is -1.96. The van der Waals surface area contributed by atoms with Gasteiger partial charge in [0.25, 0.3) is 0 Å². The Balaban J connectivity index is 1.13. The first kappa shape index (κ1) is 25.5. The summed E-state index contributed by atoms with van der Waals surface area (Å²) in [5.74, 6) is 0.703. The van der Waals surface area contributed by atoms with E-state index in [4.69, 9.17) is 14.4 Å². The number of para-hydroxylation sites is 2. The number of fused-ring (bicyclic) bond motifs is 9. The molecule has 0 radical (unpaired) electrons. The van der Waals surface area contributed by atoms with Gasteiger partial charge in [0.2, 0.25) is 0 Å². The fraction of sp³-hybridized carbons (Fsp3) is 0. The number of thiophene rings is 1. The quantitative estimate of drug-likeness (QED) is 0.201. The van der Waals surface area contributed by atoms with Crippen molar-refractivity contribution in [1.82, 2.24) is 9.97 Å². The van der Waals surface area contributed by atoms with Gasteiger partial charge in [0.15, 0.2) is 5.82 Å². The summed E-state index contributed by atoms with van der Waals surface area (Å²) in [6.45, 7) is 0. The molecule has 4 heteroatoms. The Morgan fingerprint density at radius 2 is 1.20 bits per heavy atom. The van der Waals surface area contributed by atoms with Gasteiger partial charge in [-0.25, -0.2) is 9.97 Å². The van der Waals surface area contributed by atoms with Crippen molar-refractivity contribution < 1.29 is 4.42 Å². The first-order valence-electron chi connectivity index (χ1n) is 15.4. The highest BCUT2D eigenvalue weighted by atomic mass is 32.1. The fourth-order valence-electron chi connectivity index (χ4n) is 6.88. The Morgan fingerprint density at radius 3 is 2.11 bits per heavy atom. The van der Waals surface area contributed by atoms with Crippen LogP contribution in [-0.2, 0) is 0 Å². The Kier molecular flexibility index (Phi) is 5.45. The number of rotatable bonds is 3. The van der Waals surface area contributed by atoms with Gasteiger partial charge in [-0.15, -0.1) is 11.3 Å². The molecular formula is C42H24N2OS. The molecule has 0 atom stereocenters. The maximum Gasteiger partial charge on any atom is 0.160 e. The maximum atomic E-state index is 6.51. The van der Waals surface area contributed by atoms with Gasteiger partial charge in [0, 0.05) is 52.8 Å². The van der Waals surface area contributed by atoms with Gasteiger partial charge in [0.1, 0.15) is 11.2 Å². The van der Waals surface area contributed by atoms with Crippen LogP contribution >= 0.6 is 11.3 Å². The molecule has 0 unspecified atom stereocenters. The summed E-state index contributed by atoms with van der Waals surface area (Å²) in [5, 5.41) is 8.06. The van der Waals surface area contributed by atoms with E-state index in [1.54, 1.807) is 0 Å². The van der Waals surface area contributed by atoms with Crippen LogP contribution in [0.4, 0.5) is 0 Å². The van der Waals surface area contributed by atoms with Crippen molar-refractivity contribution in [3.8, 4) is 33.8 Å². The summed E-state index contributed by atoms with van der Waals surface area (Å²) in [6, 6.07) is 51.3. The number of nitrogens with zero attached hydrogens (tertiary/aromatic N) is 2. The average Bonchev–Trinajstić information content (AvgIpc) is 3.69. The van der Waals surface area contributed by atoms with Crippen LogP contribution < -0.4 is 0 Å². The third-order valence-corrected chi connectivity index (χ3v) is 10.2. The molecule has 0 bridgehead atoms. The largest absolute Gasteiger partial charge is 0.455 e. The lowest BCUT2D eigenvalue weighted by atomic mass is 9.97. The van der Waals surface area contributed by atoms with E-state index >= 15 is 0 Å². The van der Waals surface area contributed by atoms with Crippen molar-refractivity contribution in [2.24, 2.45) is 0 Å². The summed E-state index contributed by atoms with van der Waals surface area (Å²) < 4.78 is 9.14. The molecule has 10 rings (SSSR count). The summed E-state index contributed by atoms with van der Waals surface area (Å²) in [4.78, 5) is 10.3. The molecule has 0 aliphatic rings. The molecule has 3 nitrogen and oxygen atoms in total. The minimum absolute atomic E-state index is 0.703. The Morgan fingerprint density at radius 1 is 0.478 bits per heavy atom. The van der Waals surface area contributed by atoms with E-state index in [-0.39, 0.29) is 0 Å². The monoisotopic (exact) mass is 604 g/mol. The van der Waals surface area contributed by atoms with Gasteiger partial charge in [0.05, 0.1) is 11.2 Å². The standard InChI is InChI=1S/C42H24N2OS/c1-4-13-35-33(11-1)40(34-12-7-8-26-20-23-32-29-9-2-5-14-36(29)45-41(32)39(26)34)44-42(43-35)27-18-16-25(17-19-27)28-21-22-31-30-10-3-6-15-37(30)46-38(31)24-28/h1-24H. The molecule has 46 heavy (non-hydrogen) atoms. The van der Waals surface area contributed by atoms with Crippen LogP contribution in [0, 0.1) is 0 Å². The maximum absolute atomic E-state index is 6.51. The van der Waals surface area contributed by atoms with E-state index in [0.717, 1.165) is 60.4 Å². The number of furan rings is 1. The number of hydrogen-bond donors (Lipinski definition) is 0. The normalized spacial score (nSPS) is 11.9. The molecule has 0 aliphatic carbocycles. The molecule has 0 saturated heterocycles. The predicted octanol–water partition coefficient (Wildman–Crippen LogP) is 12.1. The van der Waals surface area contributed by atoms with E-state index in [2.05, 4.69) is 127 Å². The molecular weight excluding hydrogens is 581 g/mol. The smallest absolute Gasteiger partial charge is 0.160 e. The molecule has 7 aromatic carbocycles. The average molecular weight is 605 g/mol. The molecule has 3 aromatic heterocycles. The minimum Gasteiger partial charge on any atom is -0.455 e. The van der Waals surface area contributed by atoms with Gasteiger partial charge in [-0.1, -0.05) is 115 Å². The van der Waals surface area contributed by atoms with Crippen molar-refractivity contribution in [1.29, 1.82) is 0 Å². The number of aromatic nitrogens is 2. The van der Waals surface area contributed by atoms with Crippen LogP contribution in [0.15, 0.2) is 150 Å². The van der Waals surface area contributed by atoms with E-state index in [1.165, 1.54) is 31.3 Å². The Hall–Kier alpha value is -5.84. The number of hydrogen-bond acceptors (Lipinski definition) is 4. The highest BCUT2D eigenvalue weighted by molar-refractivity contribution is 7.25. The zero-order chi connectivity index (χ0) is 30.2. The third kappa shape index (κ3) is 3.84. The second-order valence-electron chi connectivity index (χ2n) is 11.7. The SMILES string of the molecule is c1cc(-c2nc(-c3ccc(-c4ccc5c(c4)sc4ccccc45)cc3)nc3ccccc23)c2c(c1)ccc1c3ccccc3oc12. The first-order valence-corrected chi connectivity index (χ1v) is 16.2. The van der Waals surface area contributed by atoms with Crippen LogP contribution in [0.25, 0.3) is 97.6 Å². The summed E-state index contributed by atoms with van der Waals surface area (Å²) in [5.41, 5.74) is 7.98. The van der Waals surface area contributed by atoms with Gasteiger partial charge < -0.3 is 4.42 Å². The molecule has 0 aliphatic heterocycles. The predicted molar refractivity (Wildman–Crippen MR) is 194 cm³/mol. The molecule has 0 amide bonds. The van der Waals surface area contributed by atoms with Crippen molar-refractivity contribution in [3.05, 3.63) is 146 Å². The first-order chi connectivity index (χ1) is 22.8. The minimum atomic E-state index is 0.703. The lowest BCUT2D eigenvalue weighted by Gasteiger charge is -2.12. The summed E-state index contributed by atoms with van der Waals surface area (Å²) in [6.07, 6.45) is 0. The molecule has 10 aromatic rings. The van der Waals surface area contributed by atoms with E-state index in [0.29, 0.717) is 5.82 Å². The summed E-state index contributed by atoms with van der Waals surface area (Å²) in [7, 11) is 0. The third-order valence-electron chi connectivity index (χ3n) is 9.10. The van der Waals surface area contributed by atoms with Crippen LogP contribution in [0.3, 0.4) is 0 Å². The van der Waals surface area contributed by atoms with Crippen molar-refractivity contribution in [2.75, 3.05) is 0 Å². The molecule has 0 N–H and O–H groups in total. The second kappa shape index (κ2) is 9.83. The molecule has 0 fully saturated rings. The molecule has 0 saturated carbocycles. The van der Waals surface area contributed by atoms with Gasteiger partial charge in [-0.3, -0.25) is 0 Å². The highest BCUT2D eigenvalue weighted by Gasteiger charge is 2.18. The van der Waals surface area contributed by atoms with Crippen molar-refractivity contribution in [2.45, 2.75) is 0 Å². The topological polar surface area (TPSA) is 38.9 Å². The zero-order valence-corrected chi connectivity index (χ0v) is 25.4. The van der Waals surface area contributed by atoms with Crippen LogP contribution in [0.5, 0.6) is 0 Å². The van der Waals surface area contributed by atoms with Gasteiger partial charge in [-0.05, 0) is 46.8 Å². The van der Waals surface area contributed by atoms with E-state index in [1.807, 2.05) is 29.5 Å². The molecule has 0 spiro atoms. The van der Waals surface area contributed by atoms with Crippen molar-refractivity contribution >= 4 is 75.1 Å². The van der Waals surface area contributed by atoms with Crippen LogP contribution in [0.2, 0.25) is 0 Å². The molecule has 214 valence electrons. The van der Waals surface area contributed by atoms with Crippen LogP contribution in [-0.4, -0.2) is 9.97 Å². The van der Waals surface area contributed by atoms with Crippen molar-refractivity contribution in [3.63, 3.8) is 0 Å². The van der Waals surface area contributed by atoms with E-state index < -0.39 is 0 Å².